The van der Waals surface area contributed by atoms with Gasteiger partial charge >= 0.3 is 11.4 Å². The number of hydrogen-bond donors (Lipinski definition) is 0. The van der Waals surface area contributed by atoms with Crippen LogP contribution in [0.5, 0.6) is 0 Å². The molecule has 0 atom stereocenters. The van der Waals surface area contributed by atoms with E-state index in [1.165, 1.54) is 0 Å². The van der Waals surface area contributed by atoms with Crippen molar-refractivity contribution < 1.29 is 14.3 Å². The highest BCUT2D eigenvalue weighted by molar-refractivity contribution is 6.61. The van der Waals surface area contributed by atoms with Crippen molar-refractivity contribution in [1.82, 2.24) is 0 Å². The van der Waals surface area contributed by atoms with Gasteiger partial charge < -0.3 is 4.74 Å². The first-order valence-electron chi connectivity index (χ1n) is 5.24. The Morgan fingerprint density at radius 1 is 1.13 bits per heavy atom. The number of halogens is 1. The lowest BCUT2D eigenvalue weighted by Gasteiger charge is -2.24. The van der Waals surface area contributed by atoms with E-state index < -0.39 is 11.4 Å². The summed E-state index contributed by atoms with van der Waals surface area (Å²) in [6, 6.07) is 0. The third-order valence-corrected chi connectivity index (χ3v) is 2.67. The van der Waals surface area contributed by atoms with Gasteiger partial charge in [0.25, 0.3) is 0 Å². The fourth-order valence-corrected chi connectivity index (χ4v) is 1.95. The highest BCUT2D eigenvalue weighted by Crippen LogP contribution is 2.25. The second-order valence-corrected chi connectivity index (χ2v) is 4.71. The first-order valence-corrected chi connectivity index (χ1v) is 5.62. The first kappa shape index (κ1) is 14.4. The van der Waals surface area contributed by atoms with Crippen LogP contribution in [0.1, 0.15) is 40.5 Å². The largest absolute Gasteiger partial charge is 0.411 e. The molecular formula is C11H19ClO3. The van der Waals surface area contributed by atoms with Crippen LogP contribution < -0.4 is 0 Å². The Morgan fingerprint density at radius 3 is 1.93 bits per heavy atom. The quantitative estimate of drug-likeness (QED) is 0.415. The molecule has 0 rings (SSSR count). The molecule has 4 heteroatoms. The van der Waals surface area contributed by atoms with Gasteiger partial charge in [0.05, 0.1) is 0 Å². The molecule has 0 amide bonds. The summed E-state index contributed by atoms with van der Waals surface area (Å²) in [4.78, 5) is 21.4. The van der Waals surface area contributed by atoms with Crippen molar-refractivity contribution in [1.29, 1.82) is 0 Å². The lowest BCUT2D eigenvalue weighted by Crippen LogP contribution is -2.18. The van der Waals surface area contributed by atoms with Gasteiger partial charge in [0.2, 0.25) is 0 Å². The van der Waals surface area contributed by atoms with E-state index in [0.717, 1.165) is 6.42 Å². The van der Waals surface area contributed by atoms with E-state index >= 15 is 0 Å². The van der Waals surface area contributed by atoms with Crippen LogP contribution in [0, 0.1) is 17.8 Å². The number of rotatable bonds is 5. The van der Waals surface area contributed by atoms with E-state index in [1.807, 2.05) is 0 Å². The third kappa shape index (κ3) is 6.50. The van der Waals surface area contributed by atoms with Crippen molar-refractivity contribution in [3.05, 3.63) is 0 Å². The molecule has 0 aromatic rings. The summed E-state index contributed by atoms with van der Waals surface area (Å²) in [6.07, 6.45) is 0.984. The number of ether oxygens (including phenoxy) is 1. The van der Waals surface area contributed by atoms with E-state index in [1.54, 1.807) is 0 Å². The van der Waals surface area contributed by atoms with Crippen LogP contribution in [-0.2, 0) is 9.53 Å². The summed E-state index contributed by atoms with van der Waals surface area (Å²) < 4.78 is 4.25. The molecular weight excluding hydrogens is 216 g/mol. The van der Waals surface area contributed by atoms with Crippen molar-refractivity contribution in [2.24, 2.45) is 17.8 Å². The van der Waals surface area contributed by atoms with Gasteiger partial charge in [-0.05, 0) is 24.2 Å². The lowest BCUT2D eigenvalue weighted by molar-refractivity contribution is -0.136. The molecule has 0 aliphatic heterocycles. The van der Waals surface area contributed by atoms with Gasteiger partial charge in [0, 0.05) is 18.0 Å². The van der Waals surface area contributed by atoms with Crippen molar-refractivity contribution in [2.45, 2.75) is 40.5 Å². The highest BCUT2D eigenvalue weighted by Gasteiger charge is 2.19. The summed E-state index contributed by atoms with van der Waals surface area (Å²) in [6.45, 7) is 8.51. The van der Waals surface area contributed by atoms with Gasteiger partial charge in [0.1, 0.15) is 0 Å². The Morgan fingerprint density at radius 2 is 1.60 bits per heavy atom. The highest BCUT2D eigenvalue weighted by atomic mass is 35.5. The van der Waals surface area contributed by atoms with Gasteiger partial charge in [0.15, 0.2) is 0 Å². The average molecular weight is 235 g/mol. The molecule has 0 aromatic heterocycles. The van der Waals surface area contributed by atoms with Crippen LogP contribution in [0.4, 0.5) is 4.79 Å². The van der Waals surface area contributed by atoms with E-state index in [-0.39, 0.29) is 6.42 Å². The minimum absolute atomic E-state index is 0.249. The van der Waals surface area contributed by atoms with Crippen molar-refractivity contribution in [2.75, 3.05) is 0 Å². The molecule has 0 aromatic carbocycles. The Balaban J connectivity index is 4.00. The van der Waals surface area contributed by atoms with Crippen LogP contribution in [0.2, 0.25) is 0 Å². The van der Waals surface area contributed by atoms with E-state index in [4.69, 9.17) is 11.6 Å². The molecule has 0 unspecified atom stereocenters. The second kappa shape index (κ2) is 6.83. The van der Waals surface area contributed by atoms with Gasteiger partial charge in [-0.25, -0.2) is 4.79 Å². The number of carbonyl (C=O) groups is 2. The zero-order chi connectivity index (χ0) is 12.0. The van der Waals surface area contributed by atoms with Crippen LogP contribution >= 0.6 is 11.6 Å². The monoisotopic (exact) mass is 234 g/mol. The number of carbonyl (C=O) groups excluding carboxylic acids is 2. The summed E-state index contributed by atoms with van der Waals surface area (Å²) in [5.74, 6) is 0.957. The molecule has 0 aliphatic carbocycles. The Hall–Kier alpha value is -0.570. The van der Waals surface area contributed by atoms with E-state index in [9.17, 15) is 9.59 Å². The molecule has 0 fully saturated rings. The Kier molecular flexibility index (Phi) is 6.57. The Labute approximate surface area is 96.1 Å². The SMILES string of the molecule is CC(C)C(CCC(=O)OC(=O)Cl)C(C)C. The third-order valence-electron chi connectivity index (χ3n) is 2.59. The molecule has 0 bridgehead atoms. The predicted octanol–water partition coefficient (Wildman–Crippen LogP) is 3.60. The molecule has 88 valence electrons. The maximum atomic E-state index is 11.1. The maximum Gasteiger partial charge on any atom is 0.411 e. The van der Waals surface area contributed by atoms with Gasteiger partial charge in [-0.3, -0.25) is 4.79 Å². The number of hydrogen-bond acceptors (Lipinski definition) is 3. The Bertz CT molecular complexity index is 216. The molecule has 0 aliphatic rings. The molecule has 15 heavy (non-hydrogen) atoms. The normalized spacial score (nSPS) is 11.2. The zero-order valence-corrected chi connectivity index (χ0v) is 10.5. The fraction of sp³-hybridized carbons (Fsp3) is 0.818. The van der Waals surface area contributed by atoms with Crippen LogP contribution in [0.3, 0.4) is 0 Å². The number of esters is 1. The summed E-state index contributed by atoms with van der Waals surface area (Å²) >= 11 is 4.93. The maximum absolute atomic E-state index is 11.1. The van der Waals surface area contributed by atoms with Gasteiger partial charge in [-0.15, -0.1) is 0 Å². The minimum atomic E-state index is -1.05. The molecule has 3 nitrogen and oxygen atoms in total. The van der Waals surface area contributed by atoms with Crippen molar-refractivity contribution >= 4 is 23.0 Å². The zero-order valence-electron chi connectivity index (χ0n) is 9.75. The van der Waals surface area contributed by atoms with E-state index in [0.29, 0.717) is 17.8 Å². The van der Waals surface area contributed by atoms with Crippen LogP contribution in [0.25, 0.3) is 0 Å². The first-order chi connectivity index (χ1) is 6.84. The van der Waals surface area contributed by atoms with E-state index in [2.05, 4.69) is 32.4 Å². The fourth-order valence-electron chi connectivity index (χ4n) is 1.86. The molecule has 0 saturated heterocycles. The summed E-state index contributed by atoms with van der Waals surface area (Å²) in [5, 5.41) is 0. The van der Waals surface area contributed by atoms with Crippen LogP contribution in [-0.4, -0.2) is 11.4 Å². The van der Waals surface area contributed by atoms with Crippen LogP contribution in [0.15, 0.2) is 0 Å². The van der Waals surface area contributed by atoms with Gasteiger partial charge in [-0.1, -0.05) is 27.7 Å². The molecule has 0 N–H and O–H groups in total. The molecule has 0 saturated carbocycles. The van der Waals surface area contributed by atoms with Crippen molar-refractivity contribution in [3.63, 3.8) is 0 Å². The molecule has 0 spiro atoms. The second-order valence-electron chi connectivity index (χ2n) is 4.40. The van der Waals surface area contributed by atoms with Crippen molar-refractivity contribution in [3.8, 4) is 0 Å². The minimum Gasteiger partial charge on any atom is -0.381 e. The summed E-state index contributed by atoms with van der Waals surface area (Å²) in [5.41, 5.74) is -1.05. The topological polar surface area (TPSA) is 43.4 Å². The van der Waals surface area contributed by atoms with Gasteiger partial charge in [-0.2, -0.15) is 0 Å². The molecule has 0 radical (unpaired) electrons. The summed E-state index contributed by atoms with van der Waals surface area (Å²) in [7, 11) is 0. The predicted molar refractivity (Wildman–Crippen MR) is 59.7 cm³/mol. The lowest BCUT2D eigenvalue weighted by atomic mass is 9.82. The smallest absolute Gasteiger partial charge is 0.381 e. The molecule has 0 heterocycles. The standard InChI is InChI=1S/C11H19ClO3/c1-7(2)9(8(3)4)5-6-10(13)15-11(12)14/h7-9H,5-6H2,1-4H3. The average Bonchev–Trinajstić information content (AvgIpc) is 2.00.